The summed E-state index contributed by atoms with van der Waals surface area (Å²) in [4.78, 5) is 30.6. The number of nitrogens with zero attached hydrogens (tertiary/aromatic N) is 6. The molecular formula is C31H32ClF2MnN7O4. The molecule has 3 saturated heterocycles. The number of aromatic nitrogens is 3. The van der Waals surface area contributed by atoms with Gasteiger partial charge in [0.05, 0.1) is 27.9 Å². The van der Waals surface area contributed by atoms with Crippen LogP contribution in [0.1, 0.15) is 44.6 Å². The first kappa shape index (κ1) is 32.6. The topological polar surface area (TPSA) is 124 Å². The molecule has 46 heavy (non-hydrogen) atoms. The molecule has 3 aromatic rings. The largest absolute Gasteiger partial charge is 2.00 e. The molecule has 1 radical (unpaired) electrons. The molecule has 0 spiro atoms. The summed E-state index contributed by atoms with van der Waals surface area (Å²) >= 11 is 6.46. The van der Waals surface area contributed by atoms with Crippen molar-refractivity contribution >= 4 is 40.6 Å². The van der Waals surface area contributed by atoms with Crippen LogP contribution >= 0.6 is 11.6 Å². The molecular weight excluding hydrogens is 663 g/mol. The van der Waals surface area contributed by atoms with Crippen molar-refractivity contribution in [3.63, 3.8) is 0 Å². The number of pyridine rings is 1. The van der Waals surface area contributed by atoms with Gasteiger partial charge < -0.3 is 29.8 Å². The Balaban J connectivity index is 0.00000372. The molecule has 5 aliphatic heterocycles. The van der Waals surface area contributed by atoms with E-state index in [1.165, 1.54) is 12.3 Å². The van der Waals surface area contributed by atoms with Crippen LogP contribution in [0.3, 0.4) is 0 Å². The zero-order valence-electron chi connectivity index (χ0n) is 25.1. The Kier molecular flexibility index (Phi) is 9.01. The average Bonchev–Trinajstić information content (AvgIpc) is 3.54. The molecule has 11 nitrogen and oxygen atoms in total. The van der Waals surface area contributed by atoms with Crippen LogP contribution in [0.25, 0.3) is 27.6 Å². The van der Waals surface area contributed by atoms with Crippen LogP contribution in [0.2, 0.25) is 5.02 Å². The number of piperidine rings is 1. The Hall–Kier alpha value is -3.32. The van der Waals surface area contributed by atoms with Gasteiger partial charge in [0.15, 0.2) is 5.82 Å². The second-order valence-corrected chi connectivity index (χ2v) is 12.9. The Morgan fingerprint density at radius 2 is 2.07 bits per heavy atom. The van der Waals surface area contributed by atoms with Gasteiger partial charge in [-0.25, -0.2) is 13.6 Å². The van der Waals surface area contributed by atoms with Crippen LogP contribution < -0.4 is 19.7 Å². The molecule has 15 heteroatoms. The van der Waals surface area contributed by atoms with Crippen LogP contribution in [-0.2, 0) is 21.8 Å². The van der Waals surface area contributed by atoms with Gasteiger partial charge in [-0.15, -0.1) is 23.7 Å². The molecule has 1 aromatic carbocycles. The normalized spacial score (nSPS) is 26.1. The molecule has 2 aromatic heterocycles. The van der Waals surface area contributed by atoms with Gasteiger partial charge in [-0.2, -0.15) is 15.5 Å². The number of fused-ring (bicyclic) bond motifs is 7. The Morgan fingerprint density at radius 3 is 2.89 bits per heavy atom. The summed E-state index contributed by atoms with van der Waals surface area (Å²) < 4.78 is 48.7. The smallest absolute Gasteiger partial charge is 0.862 e. The Labute approximate surface area is 280 Å². The van der Waals surface area contributed by atoms with Gasteiger partial charge in [0.1, 0.15) is 37.3 Å². The standard InChI is InChI=1S/C31H32ClF2N7O4.Mn/c1-30-6-2-8-40(16-30)27-20-14-36-25(22-18(13-35)4-5-21(32)26(22)43-10-11-44-29(42)39-30)23(34)24(20)37-28(38-27)45-17-31-7-3-9-41(31)15-19(33)12-31;/h5,13-14,19H,2-3,6-12,15-17H2,1H3,(H,39,42);/q-2;+2/t19-,30-,31+;/m1./s1. The fraction of sp³-hybridized carbons (Fsp3) is 0.516. The van der Waals surface area contributed by atoms with Gasteiger partial charge in [0, 0.05) is 37.3 Å². The van der Waals surface area contributed by atoms with Gasteiger partial charge in [-0.3, -0.25) is 16.1 Å². The Bertz CT molecular complexity index is 1690. The van der Waals surface area contributed by atoms with Gasteiger partial charge >= 0.3 is 29.2 Å². The monoisotopic (exact) mass is 694 g/mol. The number of alkyl halides is 1. The third-order valence-electron chi connectivity index (χ3n) is 9.27. The van der Waals surface area contributed by atoms with Crippen molar-refractivity contribution in [2.75, 3.05) is 50.9 Å². The van der Waals surface area contributed by atoms with Crippen LogP contribution in [0, 0.1) is 11.9 Å². The zero-order chi connectivity index (χ0) is 31.3. The fourth-order valence-electron chi connectivity index (χ4n) is 7.23. The molecule has 243 valence electrons. The first-order valence-corrected chi connectivity index (χ1v) is 15.5. The number of benzene rings is 1. The number of carbonyl (C=O) groups is 1. The molecule has 8 rings (SSSR count). The molecule has 3 atom stereocenters. The van der Waals surface area contributed by atoms with Gasteiger partial charge in [-0.1, -0.05) is 0 Å². The van der Waals surface area contributed by atoms with E-state index in [-0.39, 0.29) is 76.0 Å². The van der Waals surface area contributed by atoms with Crippen molar-refractivity contribution in [3.05, 3.63) is 40.1 Å². The quantitative estimate of drug-likeness (QED) is 0.235. The number of nitrogens with one attached hydrogen (secondary N) is 1. The zero-order valence-corrected chi connectivity index (χ0v) is 27.1. The molecule has 3 fully saturated rings. The predicted molar refractivity (Wildman–Crippen MR) is 163 cm³/mol. The molecule has 0 aliphatic carbocycles. The van der Waals surface area contributed by atoms with E-state index in [1.807, 2.05) is 11.8 Å². The van der Waals surface area contributed by atoms with Gasteiger partial charge in [0.25, 0.3) is 0 Å². The minimum Gasteiger partial charge on any atom is -0.862 e. The van der Waals surface area contributed by atoms with E-state index in [4.69, 9.17) is 30.8 Å². The minimum absolute atomic E-state index is 0. The maximum Gasteiger partial charge on any atom is 2.00 e. The molecule has 0 saturated carbocycles. The van der Waals surface area contributed by atoms with Gasteiger partial charge in [-0.05, 0) is 44.7 Å². The SMILES string of the molecule is C[C@@]12CCCN(C1)c1nc(OC[C@@]34CCCN3C[C@H](F)C4)nc3c(F)c(ncc13)-c1c(C=[N-])[c-]cc(Cl)c1OCCOC(=O)N2.[Mn+2]. The third kappa shape index (κ3) is 5.84. The summed E-state index contributed by atoms with van der Waals surface area (Å²) in [5.74, 6) is -0.385. The number of halogens is 3. The van der Waals surface area contributed by atoms with Crippen LogP contribution in [0.4, 0.5) is 19.4 Å². The van der Waals surface area contributed by atoms with E-state index in [2.05, 4.69) is 26.3 Å². The molecule has 1 amide bonds. The number of rotatable bonds is 4. The average molecular weight is 695 g/mol. The molecule has 6 bridgehead atoms. The van der Waals surface area contributed by atoms with E-state index in [0.717, 1.165) is 25.6 Å². The van der Waals surface area contributed by atoms with Crippen molar-refractivity contribution < 1.29 is 44.9 Å². The third-order valence-corrected chi connectivity index (χ3v) is 9.55. The first-order valence-electron chi connectivity index (χ1n) is 15.1. The van der Waals surface area contributed by atoms with Crippen molar-refractivity contribution in [2.45, 2.75) is 56.3 Å². The van der Waals surface area contributed by atoms with Crippen molar-refractivity contribution in [1.29, 1.82) is 0 Å². The summed E-state index contributed by atoms with van der Waals surface area (Å²) in [5, 5.41) is 13.4. The van der Waals surface area contributed by atoms with Crippen LogP contribution in [-0.4, -0.2) is 95.4 Å². The summed E-state index contributed by atoms with van der Waals surface area (Å²) in [7, 11) is 0. The summed E-state index contributed by atoms with van der Waals surface area (Å²) in [6.45, 7) is 3.95. The van der Waals surface area contributed by atoms with Crippen molar-refractivity contribution in [3.8, 4) is 23.0 Å². The van der Waals surface area contributed by atoms with E-state index in [0.29, 0.717) is 50.1 Å². The molecule has 0 unspecified atom stereocenters. The van der Waals surface area contributed by atoms with E-state index >= 15 is 4.39 Å². The number of hydrogen-bond acceptors (Lipinski definition) is 9. The minimum atomic E-state index is -0.937. The second kappa shape index (κ2) is 12.7. The fourth-order valence-corrected chi connectivity index (χ4v) is 7.43. The molecule has 1 N–H and O–H groups in total. The first-order chi connectivity index (χ1) is 21.7. The summed E-state index contributed by atoms with van der Waals surface area (Å²) in [5.41, 5.74) is -1.25. The number of anilines is 1. The second-order valence-electron chi connectivity index (χ2n) is 12.5. The summed E-state index contributed by atoms with van der Waals surface area (Å²) in [6.07, 6.45) is 4.16. The molecule has 5 aliphatic rings. The van der Waals surface area contributed by atoms with Gasteiger partial charge in [0.2, 0.25) is 0 Å². The predicted octanol–water partition coefficient (Wildman–Crippen LogP) is 4.70. The van der Waals surface area contributed by atoms with Crippen LogP contribution in [0.15, 0.2) is 12.3 Å². The maximum atomic E-state index is 16.7. The molecule has 7 heterocycles. The van der Waals surface area contributed by atoms with E-state index < -0.39 is 29.2 Å². The van der Waals surface area contributed by atoms with Crippen molar-refractivity contribution in [2.24, 2.45) is 0 Å². The number of hydrogen-bond donors (Lipinski definition) is 1. The number of ether oxygens (including phenoxy) is 3. The van der Waals surface area contributed by atoms with E-state index in [1.54, 1.807) is 0 Å². The maximum absolute atomic E-state index is 16.7. The van der Waals surface area contributed by atoms with Crippen LogP contribution in [0.5, 0.6) is 11.8 Å². The number of amides is 1. The Morgan fingerprint density at radius 1 is 1.26 bits per heavy atom. The van der Waals surface area contributed by atoms with E-state index in [9.17, 15) is 14.6 Å². The van der Waals surface area contributed by atoms with Crippen molar-refractivity contribution in [1.82, 2.24) is 25.2 Å². The number of alkyl carbamates (subject to hydrolysis) is 1. The summed E-state index contributed by atoms with van der Waals surface area (Å²) in [6, 6.07) is 4.14. The number of carbonyl (C=O) groups excluding carboxylic acids is 1.